The summed E-state index contributed by atoms with van der Waals surface area (Å²) in [6.45, 7) is 6.00. The lowest BCUT2D eigenvalue weighted by Crippen LogP contribution is -2.60. The summed E-state index contributed by atoms with van der Waals surface area (Å²) in [5.74, 6) is 0.907. The summed E-state index contributed by atoms with van der Waals surface area (Å²) < 4.78 is 11.3. The first kappa shape index (κ1) is 19.3. The Bertz CT molecular complexity index is 814. The van der Waals surface area contributed by atoms with Crippen LogP contribution < -0.4 is 0 Å². The second-order valence-electron chi connectivity index (χ2n) is 10.5. The standard InChI is InChI=1S/C24H32O5/c1-14(25)29-16-6-9-22(2)15(12-16)4-5-17-18(22)7-10-23(3)19(17)13-21-24(23,27)20(26)8-11-28-21/h4,8,11,16-19,21,27H,5-7,9-10,12-13H2,1-3H3/t16-,17-,18+,19-,21+,22-,23-,24-/m1/s1. The summed E-state index contributed by atoms with van der Waals surface area (Å²) in [4.78, 5) is 24.2. The topological polar surface area (TPSA) is 72.8 Å². The fourth-order valence-electron chi connectivity index (χ4n) is 7.88. The van der Waals surface area contributed by atoms with Crippen molar-refractivity contribution < 1.29 is 24.2 Å². The highest BCUT2D eigenvalue weighted by atomic mass is 16.5. The van der Waals surface area contributed by atoms with Gasteiger partial charge in [0, 0.05) is 24.8 Å². The molecule has 5 rings (SSSR count). The summed E-state index contributed by atoms with van der Waals surface area (Å²) in [6, 6.07) is 0. The molecule has 5 heteroatoms. The van der Waals surface area contributed by atoms with Crippen LogP contribution >= 0.6 is 0 Å². The van der Waals surface area contributed by atoms with Gasteiger partial charge >= 0.3 is 5.97 Å². The van der Waals surface area contributed by atoms with Crippen molar-refractivity contribution in [3.8, 4) is 0 Å². The molecule has 0 saturated heterocycles. The number of aliphatic hydroxyl groups is 1. The van der Waals surface area contributed by atoms with Gasteiger partial charge in [-0.15, -0.1) is 0 Å². The zero-order chi connectivity index (χ0) is 20.6. The molecule has 5 nitrogen and oxygen atoms in total. The van der Waals surface area contributed by atoms with Gasteiger partial charge in [0.1, 0.15) is 12.2 Å². The molecule has 0 aromatic heterocycles. The molecule has 4 aliphatic carbocycles. The number of allylic oxidation sites excluding steroid dienone is 1. The highest BCUT2D eigenvalue weighted by Crippen LogP contribution is 2.68. The lowest BCUT2D eigenvalue weighted by Gasteiger charge is -2.58. The van der Waals surface area contributed by atoms with E-state index >= 15 is 0 Å². The fourth-order valence-corrected chi connectivity index (χ4v) is 7.88. The second-order valence-corrected chi connectivity index (χ2v) is 10.5. The van der Waals surface area contributed by atoms with Gasteiger partial charge in [0.05, 0.1) is 6.26 Å². The van der Waals surface area contributed by atoms with Crippen LogP contribution in [-0.4, -0.2) is 34.7 Å². The highest BCUT2D eigenvalue weighted by Gasteiger charge is 2.71. The number of ether oxygens (including phenoxy) is 2. The third kappa shape index (κ3) is 2.43. The molecular formula is C24H32O5. The zero-order valence-electron chi connectivity index (χ0n) is 17.6. The Morgan fingerprint density at radius 2 is 2.03 bits per heavy atom. The molecule has 0 spiro atoms. The minimum absolute atomic E-state index is 0.00406. The predicted octanol–water partition coefficient (Wildman–Crippen LogP) is 3.70. The largest absolute Gasteiger partial charge is 0.494 e. The van der Waals surface area contributed by atoms with E-state index in [1.807, 2.05) is 0 Å². The van der Waals surface area contributed by atoms with Crippen molar-refractivity contribution in [2.24, 2.45) is 28.6 Å². The number of hydrogen-bond donors (Lipinski definition) is 1. The van der Waals surface area contributed by atoms with E-state index in [0.717, 1.165) is 44.9 Å². The van der Waals surface area contributed by atoms with Gasteiger partial charge in [0.25, 0.3) is 0 Å². The van der Waals surface area contributed by atoms with Crippen molar-refractivity contribution in [2.75, 3.05) is 0 Å². The van der Waals surface area contributed by atoms with Crippen molar-refractivity contribution in [1.29, 1.82) is 0 Å². The molecule has 1 aliphatic heterocycles. The fraction of sp³-hybridized carbons (Fsp3) is 0.750. The Labute approximate surface area is 172 Å². The molecule has 0 unspecified atom stereocenters. The number of esters is 1. The lowest BCUT2D eigenvalue weighted by atomic mass is 9.46. The Balaban J connectivity index is 1.46. The van der Waals surface area contributed by atoms with E-state index in [9.17, 15) is 14.7 Å². The SMILES string of the molecule is CC(=O)O[C@@H]1CC[C@]2(C)C(=CC[C@H]3[C@H]4C[C@@H]5OC=CC(=O)[C@]5(O)[C@]4(C)CC[C@@H]32)C1. The van der Waals surface area contributed by atoms with E-state index in [2.05, 4.69) is 19.9 Å². The molecule has 0 radical (unpaired) electrons. The third-order valence-corrected chi connectivity index (χ3v) is 9.42. The maximum atomic E-state index is 12.8. The van der Waals surface area contributed by atoms with Gasteiger partial charge in [-0.25, -0.2) is 0 Å². The van der Waals surface area contributed by atoms with Gasteiger partial charge in [-0.2, -0.15) is 0 Å². The van der Waals surface area contributed by atoms with Crippen LogP contribution in [0.5, 0.6) is 0 Å². The molecule has 3 saturated carbocycles. The Hall–Kier alpha value is -1.62. The summed E-state index contributed by atoms with van der Waals surface area (Å²) in [5, 5.41) is 11.5. The molecule has 3 fully saturated rings. The van der Waals surface area contributed by atoms with Gasteiger partial charge in [-0.1, -0.05) is 25.5 Å². The highest BCUT2D eigenvalue weighted by molar-refractivity contribution is 5.99. The maximum absolute atomic E-state index is 12.8. The van der Waals surface area contributed by atoms with Crippen LogP contribution in [0, 0.1) is 28.6 Å². The van der Waals surface area contributed by atoms with Crippen LogP contribution in [0.25, 0.3) is 0 Å². The molecule has 0 aromatic rings. The van der Waals surface area contributed by atoms with Crippen molar-refractivity contribution >= 4 is 11.8 Å². The second kappa shape index (κ2) is 6.19. The average Bonchev–Trinajstić information content (AvgIpc) is 2.91. The first-order valence-electron chi connectivity index (χ1n) is 11.2. The number of fused-ring (bicyclic) bond motifs is 7. The van der Waals surface area contributed by atoms with Gasteiger partial charge in [0.15, 0.2) is 11.4 Å². The van der Waals surface area contributed by atoms with Crippen LogP contribution in [-0.2, 0) is 19.1 Å². The quantitative estimate of drug-likeness (QED) is 0.537. The van der Waals surface area contributed by atoms with Gasteiger partial charge < -0.3 is 14.6 Å². The predicted molar refractivity (Wildman–Crippen MR) is 107 cm³/mol. The third-order valence-electron chi connectivity index (χ3n) is 9.42. The van der Waals surface area contributed by atoms with E-state index in [1.54, 1.807) is 0 Å². The van der Waals surface area contributed by atoms with E-state index in [4.69, 9.17) is 9.47 Å². The number of carbonyl (C=O) groups excluding carboxylic acids is 2. The van der Waals surface area contributed by atoms with Gasteiger partial charge in [-0.3, -0.25) is 9.59 Å². The molecule has 5 aliphatic rings. The molecular weight excluding hydrogens is 368 g/mol. The molecule has 8 atom stereocenters. The number of carbonyl (C=O) groups is 2. The van der Waals surface area contributed by atoms with E-state index in [1.165, 1.54) is 24.8 Å². The first-order valence-corrected chi connectivity index (χ1v) is 11.2. The summed E-state index contributed by atoms with van der Waals surface area (Å²) in [7, 11) is 0. The minimum Gasteiger partial charge on any atom is -0.494 e. The molecule has 29 heavy (non-hydrogen) atoms. The summed E-state index contributed by atoms with van der Waals surface area (Å²) >= 11 is 0. The lowest BCUT2D eigenvalue weighted by molar-refractivity contribution is -0.175. The van der Waals surface area contributed by atoms with Crippen LogP contribution in [0.3, 0.4) is 0 Å². The minimum atomic E-state index is -1.39. The van der Waals surface area contributed by atoms with Gasteiger partial charge in [0.2, 0.25) is 0 Å². The molecule has 1 N–H and O–H groups in total. The van der Waals surface area contributed by atoms with Crippen LogP contribution in [0.2, 0.25) is 0 Å². The van der Waals surface area contributed by atoms with Crippen LogP contribution in [0.4, 0.5) is 0 Å². The molecule has 1 heterocycles. The summed E-state index contributed by atoms with van der Waals surface area (Å²) in [6.07, 6.45) is 11.2. The molecule has 0 amide bonds. The summed E-state index contributed by atoms with van der Waals surface area (Å²) in [5.41, 5.74) is -0.254. The van der Waals surface area contributed by atoms with Crippen molar-refractivity contribution in [3.63, 3.8) is 0 Å². The van der Waals surface area contributed by atoms with Crippen molar-refractivity contribution in [2.45, 2.75) is 83.5 Å². The number of rotatable bonds is 1. The van der Waals surface area contributed by atoms with Crippen molar-refractivity contribution in [1.82, 2.24) is 0 Å². The first-order chi connectivity index (χ1) is 13.7. The molecule has 0 bridgehead atoms. The number of ketones is 1. The molecule has 158 valence electrons. The van der Waals surface area contributed by atoms with Crippen LogP contribution in [0.15, 0.2) is 24.0 Å². The van der Waals surface area contributed by atoms with Crippen LogP contribution in [0.1, 0.15) is 65.7 Å². The molecule has 0 aromatic carbocycles. The average molecular weight is 401 g/mol. The number of hydrogen-bond acceptors (Lipinski definition) is 5. The Kier molecular flexibility index (Phi) is 4.13. The smallest absolute Gasteiger partial charge is 0.302 e. The van der Waals surface area contributed by atoms with E-state index in [0.29, 0.717) is 11.8 Å². The Morgan fingerprint density at radius 3 is 2.79 bits per heavy atom. The van der Waals surface area contributed by atoms with E-state index < -0.39 is 17.1 Å². The normalized spacial score (nSPS) is 50.4. The monoisotopic (exact) mass is 400 g/mol. The zero-order valence-corrected chi connectivity index (χ0v) is 17.6. The van der Waals surface area contributed by atoms with Crippen molar-refractivity contribution in [3.05, 3.63) is 24.0 Å². The van der Waals surface area contributed by atoms with E-state index in [-0.39, 0.29) is 29.2 Å². The van der Waals surface area contributed by atoms with Gasteiger partial charge in [-0.05, 0) is 61.7 Å². The Morgan fingerprint density at radius 1 is 1.24 bits per heavy atom. The maximum Gasteiger partial charge on any atom is 0.302 e.